The van der Waals surface area contributed by atoms with Gasteiger partial charge in [0.05, 0.1) is 20.8 Å². The fourth-order valence-corrected chi connectivity index (χ4v) is 3.23. The van der Waals surface area contributed by atoms with Gasteiger partial charge in [-0.3, -0.25) is 9.79 Å². The Labute approximate surface area is 162 Å². The molecular weight excluding hydrogens is 344 g/mol. The number of guanidine groups is 1. The maximum Gasteiger partial charge on any atom is 0.241 e. The summed E-state index contributed by atoms with van der Waals surface area (Å²) in [5.74, 6) is 2.32. The minimum atomic E-state index is 0.143. The van der Waals surface area contributed by atoms with Crippen molar-refractivity contribution in [2.45, 2.75) is 25.7 Å². The first-order valence-corrected chi connectivity index (χ1v) is 9.49. The van der Waals surface area contributed by atoms with Gasteiger partial charge in [0.2, 0.25) is 5.91 Å². The number of piperidine rings is 1. The number of hydrogen-bond acceptors (Lipinski definition) is 4. The van der Waals surface area contributed by atoms with Crippen molar-refractivity contribution in [3.05, 3.63) is 23.8 Å². The maximum absolute atomic E-state index is 12.3. The van der Waals surface area contributed by atoms with E-state index in [1.54, 1.807) is 21.3 Å². The molecule has 1 N–H and O–H groups in total. The van der Waals surface area contributed by atoms with Gasteiger partial charge in [-0.2, -0.15) is 0 Å². The summed E-state index contributed by atoms with van der Waals surface area (Å²) in [5.41, 5.74) is 1.15. The van der Waals surface area contributed by atoms with E-state index >= 15 is 0 Å². The molecule has 0 saturated carbocycles. The number of hydrogen-bond donors (Lipinski definition) is 1. The predicted octanol–water partition coefficient (Wildman–Crippen LogP) is 1.77. The first-order valence-electron chi connectivity index (χ1n) is 9.49. The maximum atomic E-state index is 12.3. The number of carbonyl (C=O) groups is 1. The molecule has 2 rings (SSSR count). The van der Waals surface area contributed by atoms with Gasteiger partial charge in [0.1, 0.15) is 0 Å². The van der Waals surface area contributed by atoms with E-state index in [1.165, 1.54) is 6.42 Å². The average Bonchev–Trinajstić information content (AvgIpc) is 2.72. The van der Waals surface area contributed by atoms with E-state index in [0.717, 1.165) is 61.9 Å². The lowest BCUT2D eigenvalue weighted by Gasteiger charge is -2.28. The number of nitrogens with zero attached hydrogens (tertiary/aromatic N) is 3. The molecular formula is C20H32N4O3. The minimum Gasteiger partial charge on any atom is -0.493 e. The Kier molecular flexibility index (Phi) is 8.23. The highest BCUT2D eigenvalue weighted by atomic mass is 16.5. The second kappa shape index (κ2) is 10.6. The number of amides is 1. The lowest BCUT2D eigenvalue weighted by molar-refractivity contribution is -0.130. The van der Waals surface area contributed by atoms with Crippen molar-refractivity contribution in [3.8, 4) is 11.5 Å². The number of carbonyl (C=O) groups excluding carboxylic acids is 1. The smallest absolute Gasteiger partial charge is 0.241 e. The van der Waals surface area contributed by atoms with Gasteiger partial charge in [-0.15, -0.1) is 0 Å². The fourth-order valence-electron chi connectivity index (χ4n) is 3.23. The summed E-state index contributed by atoms with van der Waals surface area (Å²) < 4.78 is 10.6. The van der Waals surface area contributed by atoms with Gasteiger partial charge < -0.3 is 24.6 Å². The van der Waals surface area contributed by atoms with Crippen molar-refractivity contribution < 1.29 is 14.3 Å². The lowest BCUT2D eigenvalue weighted by atomic mass is 10.1. The molecule has 1 saturated heterocycles. The second-order valence-electron chi connectivity index (χ2n) is 6.70. The Balaban J connectivity index is 1.84. The van der Waals surface area contributed by atoms with Crippen LogP contribution in [-0.2, 0) is 11.2 Å². The monoisotopic (exact) mass is 376 g/mol. The van der Waals surface area contributed by atoms with Crippen molar-refractivity contribution in [2.24, 2.45) is 4.99 Å². The third kappa shape index (κ3) is 6.05. The molecule has 1 fully saturated rings. The molecule has 1 aromatic carbocycles. The van der Waals surface area contributed by atoms with Crippen LogP contribution in [0.25, 0.3) is 0 Å². The predicted molar refractivity (Wildman–Crippen MR) is 108 cm³/mol. The van der Waals surface area contributed by atoms with Crippen LogP contribution in [0.15, 0.2) is 23.2 Å². The fraction of sp³-hybridized carbons (Fsp3) is 0.600. The molecule has 0 radical (unpaired) electrons. The molecule has 7 heteroatoms. The van der Waals surface area contributed by atoms with E-state index in [9.17, 15) is 4.79 Å². The van der Waals surface area contributed by atoms with Gasteiger partial charge >= 0.3 is 0 Å². The normalized spacial score (nSPS) is 14.7. The molecule has 0 unspecified atom stereocenters. The van der Waals surface area contributed by atoms with E-state index in [4.69, 9.17) is 9.47 Å². The van der Waals surface area contributed by atoms with E-state index in [0.29, 0.717) is 0 Å². The quantitative estimate of drug-likeness (QED) is 0.580. The molecule has 1 heterocycles. The van der Waals surface area contributed by atoms with E-state index in [-0.39, 0.29) is 12.5 Å². The van der Waals surface area contributed by atoms with Crippen LogP contribution in [0, 0.1) is 0 Å². The van der Waals surface area contributed by atoms with Crippen LogP contribution in [0.4, 0.5) is 0 Å². The minimum absolute atomic E-state index is 0.143. The van der Waals surface area contributed by atoms with Gasteiger partial charge in [0.15, 0.2) is 17.5 Å². The van der Waals surface area contributed by atoms with Crippen molar-refractivity contribution in [1.82, 2.24) is 15.1 Å². The number of rotatable bonds is 7. The van der Waals surface area contributed by atoms with E-state index < -0.39 is 0 Å². The van der Waals surface area contributed by atoms with Gasteiger partial charge in [0.25, 0.3) is 0 Å². The first-order chi connectivity index (χ1) is 13.1. The first kappa shape index (κ1) is 20.9. The molecule has 0 atom stereocenters. The summed E-state index contributed by atoms with van der Waals surface area (Å²) in [6.45, 7) is 2.79. The molecule has 1 aliphatic heterocycles. The van der Waals surface area contributed by atoms with E-state index in [1.807, 2.05) is 35.0 Å². The van der Waals surface area contributed by atoms with Gasteiger partial charge in [-0.05, 0) is 43.4 Å². The van der Waals surface area contributed by atoms with E-state index in [2.05, 4.69) is 10.3 Å². The zero-order chi connectivity index (χ0) is 19.6. The van der Waals surface area contributed by atoms with Crippen LogP contribution in [-0.4, -0.2) is 76.2 Å². The zero-order valence-electron chi connectivity index (χ0n) is 17.0. The molecule has 1 aromatic rings. The summed E-state index contributed by atoms with van der Waals surface area (Å²) in [6, 6.07) is 5.94. The third-order valence-corrected chi connectivity index (χ3v) is 4.86. The van der Waals surface area contributed by atoms with Crippen LogP contribution in [0.3, 0.4) is 0 Å². The SMILES string of the molecule is CN=C(NCC(=O)N1CCCCC1)N(C)CCc1ccc(OC)c(OC)c1. The Morgan fingerprint density at radius 3 is 2.52 bits per heavy atom. The molecule has 27 heavy (non-hydrogen) atoms. The summed E-state index contributed by atoms with van der Waals surface area (Å²) in [6.07, 6.45) is 4.26. The van der Waals surface area contributed by atoms with Crippen molar-refractivity contribution in [3.63, 3.8) is 0 Å². The molecule has 0 aromatic heterocycles. The van der Waals surface area contributed by atoms with Gasteiger partial charge in [-0.25, -0.2) is 0 Å². The van der Waals surface area contributed by atoms with Crippen molar-refractivity contribution in [2.75, 3.05) is 54.5 Å². The number of ether oxygens (including phenoxy) is 2. The number of methoxy groups -OCH3 is 2. The van der Waals surface area contributed by atoms with Crippen LogP contribution in [0.2, 0.25) is 0 Å². The largest absolute Gasteiger partial charge is 0.493 e. The van der Waals surface area contributed by atoms with Crippen LogP contribution < -0.4 is 14.8 Å². The number of benzene rings is 1. The topological polar surface area (TPSA) is 66.4 Å². The highest BCUT2D eigenvalue weighted by molar-refractivity contribution is 5.86. The Hall–Kier alpha value is -2.44. The molecule has 0 bridgehead atoms. The molecule has 150 valence electrons. The average molecular weight is 377 g/mol. The van der Waals surface area contributed by atoms with Crippen LogP contribution in [0.1, 0.15) is 24.8 Å². The molecule has 0 aliphatic carbocycles. The second-order valence-corrected chi connectivity index (χ2v) is 6.70. The van der Waals surface area contributed by atoms with Gasteiger partial charge in [0, 0.05) is 33.7 Å². The highest BCUT2D eigenvalue weighted by Gasteiger charge is 2.17. The summed E-state index contributed by atoms with van der Waals surface area (Å²) in [5, 5.41) is 3.18. The molecule has 7 nitrogen and oxygen atoms in total. The number of aliphatic imine (C=N–C) groups is 1. The zero-order valence-corrected chi connectivity index (χ0v) is 17.0. The molecule has 1 aliphatic rings. The molecule has 0 spiro atoms. The summed E-state index contributed by atoms with van der Waals surface area (Å²) in [4.78, 5) is 20.6. The van der Waals surface area contributed by atoms with Crippen LogP contribution in [0.5, 0.6) is 11.5 Å². The summed E-state index contributed by atoms with van der Waals surface area (Å²) >= 11 is 0. The van der Waals surface area contributed by atoms with Crippen LogP contribution >= 0.6 is 0 Å². The highest BCUT2D eigenvalue weighted by Crippen LogP contribution is 2.27. The molecule has 1 amide bonds. The Morgan fingerprint density at radius 1 is 1.19 bits per heavy atom. The lowest BCUT2D eigenvalue weighted by Crippen LogP contribution is -2.46. The Bertz CT molecular complexity index is 642. The summed E-state index contributed by atoms with van der Waals surface area (Å²) in [7, 11) is 6.98. The van der Waals surface area contributed by atoms with Crippen molar-refractivity contribution in [1.29, 1.82) is 0 Å². The number of nitrogens with one attached hydrogen (secondary N) is 1. The number of likely N-dealkylation sites (N-methyl/N-ethyl adjacent to an activating group) is 1. The third-order valence-electron chi connectivity index (χ3n) is 4.86. The number of likely N-dealkylation sites (tertiary alicyclic amines) is 1. The Morgan fingerprint density at radius 2 is 1.89 bits per heavy atom. The standard InChI is InChI=1S/C20H32N4O3/c1-21-20(22-15-19(25)24-11-6-5-7-12-24)23(2)13-10-16-8-9-17(26-3)18(14-16)27-4/h8-9,14H,5-7,10-13,15H2,1-4H3,(H,21,22). The van der Waals surface area contributed by atoms with Gasteiger partial charge in [-0.1, -0.05) is 6.07 Å². The van der Waals surface area contributed by atoms with Crippen molar-refractivity contribution >= 4 is 11.9 Å².